The summed E-state index contributed by atoms with van der Waals surface area (Å²) in [5.41, 5.74) is 1.13. The lowest BCUT2D eigenvalue weighted by molar-refractivity contribution is -0.141. The molecule has 2 aromatic carbocycles. The number of halogens is 1. The molecule has 5 atom stereocenters. The van der Waals surface area contributed by atoms with E-state index < -0.39 is 74.5 Å². The molecule has 4 aromatic rings. The van der Waals surface area contributed by atoms with Crippen molar-refractivity contribution in [1.82, 2.24) is 25.2 Å². The van der Waals surface area contributed by atoms with Crippen LogP contribution in [0.15, 0.2) is 53.0 Å². The minimum atomic E-state index is -3.93. The molecule has 0 radical (unpaired) electrons. The maximum Gasteiger partial charge on any atom is 0.408 e. The van der Waals surface area contributed by atoms with Gasteiger partial charge in [-0.25, -0.2) is 22.6 Å². The third kappa shape index (κ3) is 7.71. The lowest BCUT2D eigenvalue weighted by atomic mass is 10.0. The van der Waals surface area contributed by atoms with Crippen molar-refractivity contribution in [3.63, 3.8) is 0 Å². The second kappa shape index (κ2) is 15.4. The Kier molecular flexibility index (Phi) is 10.2. The topological polar surface area (TPSA) is 186 Å². The molecular weight excluding hydrogens is 782 g/mol. The van der Waals surface area contributed by atoms with Gasteiger partial charge in [-0.3, -0.25) is 19.1 Å². The second-order valence-electron chi connectivity index (χ2n) is 16.8. The first-order valence-electron chi connectivity index (χ1n) is 20.8. The van der Waals surface area contributed by atoms with Crippen LogP contribution < -0.4 is 20.1 Å². The molecule has 5 aliphatic rings. The standard InChI is InChI=1S/C43H48FN5O9S/c1-24-10-9-14-30-35-38(58-36(24)30)37(31-20-26(44)16-19-32(31)45-35)56-28-21-34-39(50)47-43(41(52)48-59(54,55)29-17-18-29)22-25(43)11-5-3-2-4-6-15-33(40(51)49(34)23-28)46-42(53)57-27-12-7-8-13-27/h5,9-11,14,16,19-20,25,27-29,33-34H,2-4,6-8,12-13,15,17-18,21-23H2,1H3,(H,46,53)(H,47,50)(H,48,52)/b11-5-/t25-,28+,33-,34+,43-/m1/s1. The van der Waals surface area contributed by atoms with Gasteiger partial charge in [0.2, 0.25) is 21.8 Å². The number of nitrogens with one attached hydrogen (secondary N) is 3. The van der Waals surface area contributed by atoms with Crippen LogP contribution in [0, 0.1) is 18.7 Å². The number of nitrogens with zero attached hydrogens (tertiary/aromatic N) is 2. The quantitative estimate of drug-likeness (QED) is 0.188. The van der Waals surface area contributed by atoms with Crippen LogP contribution in [-0.2, 0) is 29.1 Å². The molecule has 16 heteroatoms. The third-order valence-corrected chi connectivity index (χ3v) is 14.3. The van der Waals surface area contributed by atoms with Crippen molar-refractivity contribution in [3.8, 4) is 5.75 Å². The number of carbonyl (C=O) groups is 4. The van der Waals surface area contributed by atoms with Gasteiger partial charge in [-0.05, 0) is 101 Å². The van der Waals surface area contributed by atoms with Gasteiger partial charge in [-0.2, -0.15) is 0 Å². The zero-order chi connectivity index (χ0) is 41.1. The van der Waals surface area contributed by atoms with E-state index in [4.69, 9.17) is 18.9 Å². The lowest BCUT2D eigenvalue weighted by Gasteiger charge is -2.30. The number of carbonyl (C=O) groups excluding carboxylic acids is 4. The molecule has 0 spiro atoms. The summed E-state index contributed by atoms with van der Waals surface area (Å²) in [6.07, 6.45) is 9.53. The number of hydrogen-bond donors (Lipinski definition) is 3. The van der Waals surface area contributed by atoms with Crippen LogP contribution >= 0.6 is 0 Å². The van der Waals surface area contributed by atoms with Crippen LogP contribution in [-0.4, -0.2) is 83.7 Å². The first kappa shape index (κ1) is 39.2. The van der Waals surface area contributed by atoms with E-state index in [9.17, 15) is 32.0 Å². The highest BCUT2D eigenvalue weighted by molar-refractivity contribution is 7.91. The molecule has 3 aliphatic carbocycles. The largest absolute Gasteiger partial charge is 0.484 e. The molecule has 2 aromatic heterocycles. The molecule has 0 bridgehead atoms. The van der Waals surface area contributed by atoms with E-state index in [1.165, 1.54) is 17.0 Å². The molecule has 312 valence electrons. The van der Waals surface area contributed by atoms with Crippen molar-refractivity contribution >= 4 is 66.8 Å². The van der Waals surface area contributed by atoms with Gasteiger partial charge in [0.1, 0.15) is 46.7 Å². The van der Waals surface area contributed by atoms with Gasteiger partial charge in [0.15, 0.2) is 11.3 Å². The minimum absolute atomic E-state index is 0.0464. The molecule has 59 heavy (non-hydrogen) atoms. The highest BCUT2D eigenvalue weighted by atomic mass is 32.2. The average molecular weight is 830 g/mol. The van der Waals surface area contributed by atoms with Crippen molar-refractivity contribution in [3.05, 3.63) is 59.9 Å². The predicted molar refractivity (Wildman–Crippen MR) is 215 cm³/mol. The molecule has 3 saturated carbocycles. The van der Waals surface area contributed by atoms with Crippen LogP contribution in [0.4, 0.5) is 9.18 Å². The fourth-order valence-electron chi connectivity index (χ4n) is 9.01. The van der Waals surface area contributed by atoms with E-state index in [1.54, 1.807) is 6.07 Å². The van der Waals surface area contributed by atoms with Gasteiger partial charge in [-0.15, -0.1) is 0 Å². The maximum atomic E-state index is 14.9. The number of allylic oxidation sites excluding steroid dienone is 1. The summed E-state index contributed by atoms with van der Waals surface area (Å²) in [6, 6.07) is 7.60. The summed E-state index contributed by atoms with van der Waals surface area (Å²) in [5.74, 6) is -2.80. The van der Waals surface area contributed by atoms with Gasteiger partial charge in [0, 0.05) is 23.1 Å². The van der Waals surface area contributed by atoms with E-state index in [0.717, 1.165) is 49.5 Å². The first-order chi connectivity index (χ1) is 28.4. The maximum absolute atomic E-state index is 14.9. The van der Waals surface area contributed by atoms with E-state index >= 15 is 0 Å². The minimum Gasteiger partial charge on any atom is -0.484 e. The number of rotatable bonds is 7. The number of aryl methyl sites for hydroxylation is 1. The molecule has 4 fully saturated rings. The lowest BCUT2D eigenvalue weighted by Crippen LogP contribution is -2.58. The van der Waals surface area contributed by atoms with Crippen molar-refractivity contribution in [2.75, 3.05) is 6.54 Å². The normalized spacial score (nSPS) is 27.4. The number of aromatic nitrogens is 1. The smallest absolute Gasteiger partial charge is 0.408 e. The van der Waals surface area contributed by atoms with Gasteiger partial charge < -0.3 is 29.4 Å². The van der Waals surface area contributed by atoms with Gasteiger partial charge in [0.25, 0.3) is 5.91 Å². The summed E-state index contributed by atoms with van der Waals surface area (Å²) < 4.78 is 61.8. The zero-order valence-electron chi connectivity index (χ0n) is 32.8. The fraction of sp³-hybridized carbons (Fsp3) is 0.512. The molecule has 2 aliphatic heterocycles. The zero-order valence-corrected chi connectivity index (χ0v) is 33.7. The highest BCUT2D eigenvalue weighted by Crippen LogP contribution is 2.46. The third-order valence-electron chi connectivity index (χ3n) is 12.5. The van der Waals surface area contributed by atoms with Crippen molar-refractivity contribution in [1.29, 1.82) is 0 Å². The fourth-order valence-corrected chi connectivity index (χ4v) is 10.4. The van der Waals surface area contributed by atoms with Gasteiger partial charge in [-0.1, -0.05) is 37.1 Å². The number of benzene rings is 2. The number of pyridine rings is 1. The van der Waals surface area contributed by atoms with E-state index in [-0.39, 0.29) is 36.8 Å². The molecule has 3 N–H and O–H groups in total. The summed E-state index contributed by atoms with van der Waals surface area (Å²) in [6.45, 7) is 1.80. The number of sulfonamides is 1. The molecule has 0 unspecified atom stereocenters. The van der Waals surface area contributed by atoms with Crippen LogP contribution in [0.3, 0.4) is 0 Å². The monoisotopic (exact) mass is 829 g/mol. The van der Waals surface area contributed by atoms with E-state index in [0.29, 0.717) is 54.1 Å². The van der Waals surface area contributed by atoms with Gasteiger partial charge in [0.05, 0.1) is 17.3 Å². The number of fused-ring (bicyclic) bond motifs is 6. The average Bonchev–Trinajstić information content (AvgIpc) is 4.01. The molecule has 4 heterocycles. The Labute approximate surface area is 340 Å². The van der Waals surface area contributed by atoms with Crippen LogP contribution in [0.5, 0.6) is 5.75 Å². The Balaban J connectivity index is 1.07. The Morgan fingerprint density at radius 1 is 0.983 bits per heavy atom. The van der Waals surface area contributed by atoms with Crippen LogP contribution in [0.25, 0.3) is 33.0 Å². The van der Waals surface area contributed by atoms with Crippen LogP contribution in [0.1, 0.15) is 89.0 Å². The number of hydrogen-bond acceptors (Lipinski definition) is 10. The molecule has 9 rings (SSSR count). The highest BCUT2D eigenvalue weighted by Gasteiger charge is 2.62. The van der Waals surface area contributed by atoms with Crippen LogP contribution in [0.2, 0.25) is 0 Å². The number of para-hydroxylation sites is 1. The predicted octanol–water partition coefficient (Wildman–Crippen LogP) is 5.97. The molecular formula is C43H48FN5O9S. The number of ether oxygens (including phenoxy) is 2. The Morgan fingerprint density at radius 2 is 1.78 bits per heavy atom. The summed E-state index contributed by atoms with van der Waals surface area (Å²) >= 11 is 0. The van der Waals surface area contributed by atoms with Gasteiger partial charge >= 0.3 is 6.09 Å². The SMILES string of the molecule is Cc1cccc2c1oc1c(O[C@H]3C[C@H]4C(=O)N[C@]5(C(=O)NS(=O)(=O)C6CC6)C[C@H]5/C=C\CCCCC[C@@H](NC(=O)OC5CCCC5)C(=O)N4C3)c3cc(F)ccc3nc12. The summed E-state index contributed by atoms with van der Waals surface area (Å²) in [7, 11) is -3.93. The Morgan fingerprint density at radius 3 is 2.58 bits per heavy atom. The van der Waals surface area contributed by atoms with Crippen molar-refractivity contribution < 1.29 is 45.9 Å². The first-order valence-corrected chi connectivity index (χ1v) is 22.3. The van der Waals surface area contributed by atoms with Crippen molar-refractivity contribution in [2.24, 2.45) is 5.92 Å². The Hall–Kier alpha value is -5.25. The number of amides is 4. The summed E-state index contributed by atoms with van der Waals surface area (Å²) in [5, 5.41) is 6.11. The number of alkyl carbamates (subject to hydrolysis) is 1. The Bertz CT molecular complexity index is 2500. The molecule has 4 amide bonds. The van der Waals surface area contributed by atoms with Crippen molar-refractivity contribution in [2.45, 2.75) is 125 Å². The van der Waals surface area contributed by atoms with E-state index in [2.05, 4.69) is 15.4 Å². The molecule has 14 nitrogen and oxygen atoms in total. The van der Waals surface area contributed by atoms with E-state index in [1.807, 2.05) is 37.3 Å². The summed E-state index contributed by atoms with van der Waals surface area (Å²) in [4.78, 5) is 62.6. The molecule has 1 saturated heterocycles. The number of furan rings is 1. The second-order valence-corrected chi connectivity index (χ2v) is 18.8.